The number of nitrogens with zero attached hydrogens (tertiary/aromatic N) is 3. The van der Waals surface area contributed by atoms with Crippen molar-refractivity contribution in [3.63, 3.8) is 0 Å². The normalized spacial score (nSPS) is 21.8. The van der Waals surface area contributed by atoms with Crippen LogP contribution in [0.25, 0.3) is 0 Å². The molecule has 1 aromatic heterocycles. The highest BCUT2D eigenvalue weighted by molar-refractivity contribution is 4.88. The molecule has 0 aromatic carbocycles. The summed E-state index contributed by atoms with van der Waals surface area (Å²) in [6.45, 7) is 4.47. The minimum Gasteiger partial charge on any atom is -0.392 e. The molecule has 0 amide bonds. The predicted octanol–water partition coefficient (Wildman–Crippen LogP) is 0.979. The average Bonchev–Trinajstić information content (AvgIpc) is 2.86. The molecule has 16 heavy (non-hydrogen) atoms. The maximum absolute atomic E-state index is 9.39. The molecule has 1 fully saturated rings. The van der Waals surface area contributed by atoms with E-state index in [2.05, 4.69) is 22.0 Å². The minimum absolute atomic E-state index is 0.188. The molecule has 1 N–H and O–H groups in total. The SMILES string of the molecule is CCCCc1nc(CN2CC[C@@H](O)C2)no1. The number of aliphatic hydroxyl groups excluding tert-OH is 1. The predicted molar refractivity (Wildman–Crippen MR) is 58.8 cm³/mol. The van der Waals surface area contributed by atoms with E-state index in [-0.39, 0.29) is 6.10 Å². The molecule has 2 rings (SSSR count). The molecule has 0 saturated carbocycles. The van der Waals surface area contributed by atoms with Crippen molar-refractivity contribution in [3.8, 4) is 0 Å². The van der Waals surface area contributed by atoms with E-state index in [1.54, 1.807) is 0 Å². The lowest BCUT2D eigenvalue weighted by Crippen LogP contribution is -2.22. The van der Waals surface area contributed by atoms with Crippen LogP contribution in [0.15, 0.2) is 4.52 Å². The van der Waals surface area contributed by atoms with Gasteiger partial charge in [-0.2, -0.15) is 4.98 Å². The van der Waals surface area contributed by atoms with Crippen LogP contribution in [0.4, 0.5) is 0 Å². The number of hydrogen-bond donors (Lipinski definition) is 1. The van der Waals surface area contributed by atoms with Crippen LogP contribution >= 0.6 is 0 Å². The van der Waals surface area contributed by atoms with E-state index in [4.69, 9.17) is 4.52 Å². The largest absolute Gasteiger partial charge is 0.392 e. The second kappa shape index (κ2) is 5.41. The zero-order valence-electron chi connectivity index (χ0n) is 9.72. The first kappa shape index (κ1) is 11.5. The Balaban J connectivity index is 1.83. The maximum Gasteiger partial charge on any atom is 0.226 e. The molecule has 5 heteroatoms. The van der Waals surface area contributed by atoms with Crippen LogP contribution in [0.1, 0.15) is 37.9 Å². The third kappa shape index (κ3) is 3.02. The number of aliphatic hydroxyl groups is 1. The second-order valence-electron chi connectivity index (χ2n) is 4.39. The van der Waals surface area contributed by atoms with Gasteiger partial charge in [0.15, 0.2) is 5.82 Å². The molecule has 1 aliphatic heterocycles. The fourth-order valence-corrected chi connectivity index (χ4v) is 1.94. The summed E-state index contributed by atoms with van der Waals surface area (Å²) in [5.41, 5.74) is 0. The topological polar surface area (TPSA) is 62.4 Å². The van der Waals surface area contributed by atoms with Crippen LogP contribution in [0, 0.1) is 0 Å². The number of aryl methyl sites for hydroxylation is 1. The van der Waals surface area contributed by atoms with Gasteiger partial charge in [0.1, 0.15) is 0 Å². The Kier molecular flexibility index (Phi) is 3.90. The summed E-state index contributed by atoms with van der Waals surface area (Å²) < 4.78 is 5.15. The molecule has 2 heterocycles. The summed E-state index contributed by atoms with van der Waals surface area (Å²) in [6, 6.07) is 0. The number of hydrogen-bond acceptors (Lipinski definition) is 5. The number of unbranched alkanes of at least 4 members (excludes halogenated alkanes) is 1. The second-order valence-corrected chi connectivity index (χ2v) is 4.39. The van der Waals surface area contributed by atoms with Crippen molar-refractivity contribution in [1.29, 1.82) is 0 Å². The molecule has 1 atom stereocenters. The highest BCUT2D eigenvalue weighted by atomic mass is 16.5. The Hall–Kier alpha value is -0.940. The third-order valence-corrected chi connectivity index (χ3v) is 2.87. The molecule has 0 unspecified atom stereocenters. The smallest absolute Gasteiger partial charge is 0.226 e. The molecule has 5 nitrogen and oxygen atoms in total. The lowest BCUT2D eigenvalue weighted by molar-refractivity contribution is 0.173. The van der Waals surface area contributed by atoms with Gasteiger partial charge in [0.25, 0.3) is 0 Å². The van der Waals surface area contributed by atoms with Crippen molar-refractivity contribution in [1.82, 2.24) is 15.0 Å². The lowest BCUT2D eigenvalue weighted by Gasteiger charge is -2.10. The monoisotopic (exact) mass is 225 g/mol. The summed E-state index contributed by atoms with van der Waals surface area (Å²) in [5.74, 6) is 1.47. The standard InChI is InChI=1S/C11H19N3O2/c1-2-3-4-11-12-10(13-16-11)8-14-6-5-9(15)7-14/h9,15H,2-8H2,1H3/t9-/m1/s1. The van der Waals surface area contributed by atoms with Crippen molar-refractivity contribution in [2.45, 2.75) is 45.3 Å². The highest BCUT2D eigenvalue weighted by Gasteiger charge is 2.21. The van der Waals surface area contributed by atoms with E-state index in [0.29, 0.717) is 6.54 Å². The van der Waals surface area contributed by atoms with Gasteiger partial charge in [-0.25, -0.2) is 0 Å². The number of aromatic nitrogens is 2. The fraction of sp³-hybridized carbons (Fsp3) is 0.818. The molecule has 1 aliphatic rings. The zero-order chi connectivity index (χ0) is 11.4. The molecule has 0 bridgehead atoms. The van der Waals surface area contributed by atoms with Crippen molar-refractivity contribution in [3.05, 3.63) is 11.7 Å². The Labute approximate surface area is 95.4 Å². The summed E-state index contributed by atoms with van der Waals surface area (Å²) in [7, 11) is 0. The minimum atomic E-state index is -0.188. The van der Waals surface area contributed by atoms with Gasteiger partial charge >= 0.3 is 0 Å². The van der Waals surface area contributed by atoms with E-state index < -0.39 is 0 Å². The lowest BCUT2D eigenvalue weighted by atomic mass is 10.2. The van der Waals surface area contributed by atoms with Gasteiger partial charge in [0.2, 0.25) is 5.89 Å². The van der Waals surface area contributed by atoms with Crippen LogP contribution in [0.5, 0.6) is 0 Å². The summed E-state index contributed by atoms with van der Waals surface area (Å²) in [4.78, 5) is 6.49. The van der Waals surface area contributed by atoms with Crippen molar-refractivity contribution in [2.75, 3.05) is 13.1 Å². The van der Waals surface area contributed by atoms with E-state index >= 15 is 0 Å². The van der Waals surface area contributed by atoms with Gasteiger partial charge in [0, 0.05) is 19.5 Å². The van der Waals surface area contributed by atoms with Crippen LogP contribution in [0.3, 0.4) is 0 Å². The highest BCUT2D eigenvalue weighted by Crippen LogP contribution is 2.12. The van der Waals surface area contributed by atoms with Crippen LogP contribution < -0.4 is 0 Å². The van der Waals surface area contributed by atoms with Gasteiger partial charge in [0.05, 0.1) is 12.6 Å². The molecular formula is C11H19N3O2. The first-order valence-electron chi connectivity index (χ1n) is 6.00. The Morgan fingerprint density at radius 2 is 2.44 bits per heavy atom. The number of likely N-dealkylation sites (tertiary alicyclic amines) is 1. The maximum atomic E-state index is 9.39. The summed E-state index contributed by atoms with van der Waals surface area (Å²) in [6.07, 6.45) is 3.75. The van der Waals surface area contributed by atoms with Crippen LogP contribution in [-0.2, 0) is 13.0 Å². The Morgan fingerprint density at radius 1 is 1.56 bits per heavy atom. The van der Waals surface area contributed by atoms with Gasteiger partial charge in [-0.15, -0.1) is 0 Å². The molecule has 0 aliphatic carbocycles. The molecule has 1 saturated heterocycles. The molecular weight excluding hydrogens is 206 g/mol. The molecule has 90 valence electrons. The number of rotatable bonds is 5. The van der Waals surface area contributed by atoms with E-state index in [0.717, 1.165) is 50.5 Å². The van der Waals surface area contributed by atoms with Gasteiger partial charge < -0.3 is 9.63 Å². The first-order valence-corrected chi connectivity index (χ1v) is 6.00. The van der Waals surface area contributed by atoms with Crippen LogP contribution in [-0.4, -0.2) is 39.3 Å². The van der Waals surface area contributed by atoms with Crippen molar-refractivity contribution in [2.24, 2.45) is 0 Å². The summed E-state index contributed by atoms with van der Waals surface area (Å²) >= 11 is 0. The summed E-state index contributed by atoms with van der Waals surface area (Å²) in [5, 5.41) is 13.3. The van der Waals surface area contributed by atoms with Gasteiger partial charge in [-0.1, -0.05) is 18.5 Å². The van der Waals surface area contributed by atoms with Gasteiger partial charge in [-0.3, -0.25) is 4.90 Å². The first-order chi connectivity index (χ1) is 7.78. The quantitative estimate of drug-likeness (QED) is 0.809. The van der Waals surface area contributed by atoms with Crippen molar-refractivity contribution < 1.29 is 9.63 Å². The molecule has 0 radical (unpaired) electrons. The van der Waals surface area contributed by atoms with E-state index in [1.807, 2.05) is 0 Å². The van der Waals surface area contributed by atoms with Crippen LogP contribution in [0.2, 0.25) is 0 Å². The zero-order valence-corrected chi connectivity index (χ0v) is 9.72. The van der Waals surface area contributed by atoms with Gasteiger partial charge in [-0.05, 0) is 12.8 Å². The number of β-amino-alcohol motifs (C(OH)–C–C–N with tert-alkyl or cyclic N) is 1. The fourth-order valence-electron chi connectivity index (χ4n) is 1.94. The average molecular weight is 225 g/mol. The molecule has 0 spiro atoms. The van der Waals surface area contributed by atoms with Crippen molar-refractivity contribution >= 4 is 0 Å². The molecule has 1 aromatic rings. The third-order valence-electron chi connectivity index (χ3n) is 2.87. The van der Waals surface area contributed by atoms with E-state index in [9.17, 15) is 5.11 Å². The van der Waals surface area contributed by atoms with E-state index in [1.165, 1.54) is 0 Å². The Morgan fingerprint density at radius 3 is 3.12 bits per heavy atom. The Bertz CT molecular complexity index is 327.